The van der Waals surface area contributed by atoms with Gasteiger partial charge >= 0.3 is 0 Å². The monoisotopic (exact) mass is 250 g/mol. The Kier molecular flexibility index (Phi) is 3.97. The number of carbonyl (C=O) groups is 1. The van der Waals surface area contributed by atoms with Crippen LogP contribution in [0.25, 0.3) is 0 Å². The normalized spacial score (nSPS) is 15.6. The van der Waals surface area contributed by atoms with Gasteiger partial charge in [-0.05, 0) is 43.0 Å². The lowest BCUT2D eigenvalue weighted by molar-refractivity contribution is -0.118. The molecule has 1 aliphatic rings. The summed E-state index contributed by atoms with van der Waals surface area (Å²) >= 11 is 0. The zero-order chi connectivity index (χ0) is 13.1. The zero-order valence-corrected chi connectivity index (χ0v) is 10.7. The van der Waals surface area contributed by atoms with Gasteiger partial charge in [0.15, 0.2) is 0 Å². The molecule has 1 heterocycles. The van der Waals surface area contributed by atoms with Crippen molar-refractivity contribution in [2.75, 3.05) is 18.0 Å². The van der Waals surface area contributed by atoms with Crippen LogP contribution in [0.1, 0.15) is 25.3 Å². The highest BCUT2D eigenvalue weighted by Crippen LogP contribution is 2.29. The van der Waals surface area contributed by atoms with Crippen molar-refractivity contribution in [2.45, 2.75) is 26.2 Å². The van der Waals surface area contributed by atoms with Crippen molar-refractivity contribution >= 4 is 11.6 Å². The number of anilines is 1. The third-order valence-corrected chi connectivity index (χ3v) is 3.50. The summed E-state index contributed by atoms with van der Waals surface area (Å²) in [4.78, 5) is 13.8. The van der Waals surface area contributed by atoms with Gasteiger partial charge < -0.3 is 10.6 Å². The van der Waals surface area contributed by atoms with Gasteiger partial charge in [0.2, 0.25) is 5.91 Å². The molecule has 0 aliphatic carbocycles. The largest absolute Gasteiger partial charge is 0.330 e. The highest BCUT2D eigenvalue weighted by atomic mass is 19.1. The minimum atomic E-state index is -0.288. The number of hydrogen-bond acceptors (Lipinski definition) is 2. The smallest absolute Gasteiger partial charge is 0.227 e. The molecule has 1 aromatic rings. The van der Waals surface area contributed by atoms with Gasteiger partial charge in [0, 0.05) is 18.7 Å². The summed E-state index contributed by atoms with van der Waals surface area (Å²) in [5.74, 6) is 0.131. The summed E-state index contributed by atoms with van der Waals surface area (Å²) in [7, 11) is 0. The zero-order valence-electron chi connectivity index (χ0n) is 10.7. The van der Waals surface area contributed by atoms with Crippen LogP contribution < -0.4 is 10.6 Å². The maximum absolute atomic E-state index is 13.2. The lowest BCUT2D eigenvalue weighted by Crippen LogP contribution is -2.29. The van der Waals surface area contributed by atoms with Crippen molar-refractivity contribution in [3.8, 4) is 0 Å². The summed E-state index contributed by atoms with van der Waals surface area (Å²) in [6, 6.07) is 4.66. The van der Waals surface area contributed by atoms with Gasteiger partial charge in [-0.2, -0.15) is 0 Å². The van der Waals surface area contributed by atoms with E-state index in [4.69, 9.17) is 5.73 Å². The van der Waals surface area contributed by atoms with Gasteiger partial charge in [0.1, 0.15) is 5.82 Å². The van der Waals surface area contributed by atoms with E-state index >= 15 is 0 Å². The van der Waals surface area contributed by atoms with Crippen molar-refractivity contribution in [3.05, 3.63) is 29.6 Å². The van der Waals surface area contributed by atoms with Gasteiger partial charge in [-0.1, -0.05) is 13.0 Å². The Morgan fingerprint density at radius 3 is 3.06 bits per heavy atom. The van der Waals surface area contributed by atoms with Crippen LogP contribution in [0.5, 0.6) is 0 Å². The van der Waals surface area contributed by atoms with E-state index in [1.165, 1.54) is 12.1 Å². The Balaban J connectivity index is 2.04. The van der Waals surface area contributed by atoms with Crippen LogP contribution in [-0.2, 0) is 11.2 Å². The van der Waals surface area contributed by atoms with Gasteiger partial charge in [0.25, 0.3) is 0 Å². The number of hydrogen-bond donors (Lipinski definition) is 1. The molecule has 98 valence electrons. The predicted octanol–water partition coefficient (Wildman–Crippen LogP) is 2.09. The van der Waals surface area contributed by atoms with E-state index in [1.54, 1.807) is 11.0 Å². The van der Waals surface area contributed by atoms with Crippen LogP contribution in [0.4, 0.5) is 10.1 Å². The quantitative estimate of drug-likeness (QED) is 0.889. The molecule has 0 aromatic heterocycles. The molecule has 0 saturated heterocycles. The molecule has 1 unspecified atom stereocenters. The van der Waals surface area contributed by atoms with Crippen molar-refractivity contribution < 1.29 is 9.18 Å². The first-order valence-electron chi connectivity index (χ1n) is 6.40. The van der Waals surface area contributed by atoms with Gasteiger partial charge in [-0.3, -0.25) is 4.79 Å². The molecule has 0 radical (unpaired) electrons. The van der Waals surface area contributed by atoms with Crippen molar-refractivity contribution in [1.82, 2.24) is 0 Å². The summed E-state index contributed by atoms with van der Waals surface area (Å²) < 4.78 is 13.2. The Morgan fingerprint density at radius 1 is 1.56 bits per heavy atom. The molecule has 1 aliphatic heterocycles. The average Bonchev–Trinajstić information content (AvgIpc) is 2.78. The molecule has 0 bridgehead atoms. The van der Waals surface area contributed by atoms with Crippen LogP contribution in [0.15, 0.2) is 18.2 Å². The Labute approximate surface area is 107 Å². The molecule has 1 aromatic carbocycles. The van der Waals surface area contributed by atoms with E-state index in [0.29, 0.717) is 25.4 Å². The third kappa shape index (κ3) is 2.70. The average molecular weight is 250 g/mol. The van der Waals surface area contributed by atoms with E-state index in [1.807, 2.05) is 6.92 Å². The van der Waals surface area contributed by atoms with Crippen LogP contribution in [0, 0.1) is 11.7 Å². The standard InChI is InChI=1S/C14H19FN2O/c1-10(9-16)2-5-14(18)17-7-6-11-3-4-12(15)8-13(11)17/h3-4,8,10H,2,5-7,9,16H2,1H3. The first-order chi connectivity index (χ1) is 8.61. The SMILES string of the molecule is CC(CN)CCC(=O)N1CCc2ccc(F)cc21. The number of benzene rings is 1. The number of nitrogens with two attached hydrogens (primary N) is 1. The van der Waals surface area contributed by atoms with E-state index in [0.717, 1.165) is 24.1 Å². The van der Waals surface area contributed by atoms with Gasteiger partial charge in [-0.25, -0.2) is 4.39 Å². The summed E-state index contributed by atoms with van der Waals surface area (Å²) in [6.45, 7) is 3.29. The Hall–Kier alpha value is -1.42. The summed E-state index contributed by atoms with van der Waals surface area (Å²) in [5, 5.41) is 0. The number of fused-ring (bicyclic) bond motifs is 1. The molecule has 4 heteroatoms. The fourth-order valence-corrected chi connectivity index (χ4v) is 2.23. The molecule has 18 heavy (non-hydrogen) atoms. The first kappa shape index (κ1) is 13.0. The van der Waals surface area contributed by atoms with Crippen LogP contribution in [-0.4, -0.2) is 19.0 Å². The lowest BCUT2D eigenvalue weighted by Gasteiger charge is -2.18. The number of amides is 1. The van der Waals surface area contributed by atoms with Crippen molar-refractivity contribution in [3.63, 3.8) is 0 Å². The topological polar surface area (TPSA) is 46.3 Å². The summed E-state index contributed by atoms with van der Waals surface area (Å²) in [6.07, 6.45) is 2.08. The molecule has 0 spiro atoms. The number of halogens is 1. The fourth-order valence-electron chi connectivity index (χ4n) is 2.23. The van der Waals surface area contributed by atoms with Crippen LogP contribution in [0.3, 0.4) is 0 Å². The second-order valence-corrected chi connectivity index (χ2v) is 4.95. The highest BCUT2D eigenvalue weighted by molar-refractivity contribution is 5.95. The van der Waals surface area contributed by atoms with E-state index in [2.05, 4.69) is 0 Å². The predicted molar refractivity (Wildman–Crippen MR) is 69.9 cm³/mol. The second-order valence-electron chi connectivity index (χ2n) is 4.95. The van der Waals surface area contributed by atoms with Crippen LogP contribution in [0.2, 0.25) is 0 Å². The molecule has 0 fully saturated rings. The van der Waals surface area contributed by atoms with E-state index < -0.39 is 0 Å². The second kappa shape index (κ2) is 5.48. The fraction of sp³-hybridized carbons (Fsp3) is 0.500. The molecule has 0 saturated carbocycles. The van der Waals surface area contributed by atoms with E-state index in [9.17, 15) is 9.18 Å². The molecular weight excluding hydrogens is 231 g/mol. The number of nitrogens with zero attached hydrogens (tertiary/aromatic N) is 1. The van der Waals surface area contributed by atoms with Crippen molar-refractivity contribution in [1.29, 1.82) is 0 Å². The molecule has 1 atom stereocenters. The third-order valence-electron chi connectivity index (χ3n) is 3.50. The van der Waals surface area contributed by atoms with Gasteiger partial charge in [-0.15, -0.1) is 0 Å². The maximum atomic E-state index is 13.2. The lowest BCUT2D eigenvalue weighted by atomic mass is 10.1. The van der Waals surface area contributed by atoms with Crippen molar-refractivity contribution in [2.24, 2.45) is 11.7 Å². The minimum absolute atomic E-state index is 0.0691. The van der Waals surface area contributed by atoms with E-state index in [-0.39, 0.29) is 11.7 Å². The molecule has 2 rings (SSSR count). The Bertz CT molecular complexity index is 447. The van der Waals surface area contributed by atoms with Crippen LogP contribution >= 0.6 is 0 Å². The molecule has 1 amide bonds. The molecular formula is C14H19FN2O. The number of rotatable bonds is 4. The molecule has 2 N–H and O–H groups in total. The number of carbonyl (C=O) groups excluding carboxylic acids is 1. The maximum Gasteiger partial charge on any atom is 0.227 e. The highest BCUT2D eigenvalue weighted by Gasteiger charge is 2.24. The van der Waals surface area contributed by atoms with Gasteiger partial charge in [0.05, 0.1) is 0 Å². The summed E-state index contributed by atoms with van der Waals surface area (Å²) in [5.41, 5.74) is 7.32. The minimum Gasteiger partial charge on any atom is -0.330 e. The first-order valence-corrected chi connectivity index (χ1v) is 6.40. The Morgan fingerprint density at radius 2 is 2.33 bits per heavy atom. The molecule has 3 nitrogen and oxygen atoms in total.